The molecule has 0 aliphatic carbocycles. The summed E-state index contributed by atoms with van der Waals surface area (Å²) in [5, 5.41) is 14.8. The molecule has 0 saturated carbocycles. The van der Waals surface area contributed by atoms with Crippen molar-refractivity contribution in [1.82, 2.24) is 30.3 Å². The fourth-order valence-electron chi connectivity index (χ4n) is 2.01. The minimum atomic E-state index is 0.813. The molecule has 6 nitrogen and oxygen atoms in total. The molecule has 6 heteroatoms. The van der Waals surface area contributed by atoms with Gasteiger partial charge in [0, 0.05) is 38.9 Å². The van der Waals surface area contributed by atoms with Gasteiger partial charge in [-0.2, -0.15) is 0 Å². The summed E-state index contributed by atoms with van der Waals surface area (Å²) < 4.78 is 1.68. The van der Waals surface area contributed by atoms with Crippen LogP contribution in [0.15, 0.2) is 18.3 Å². The highest BCUT2D eigenvalue weighted by Gasteiger charge is 2.10. The maximum absolute atomic E-state index is 3.94. The molecule has 1 aliphatic heterocycles. The van der Waals surface area contributed by atoms with E-state index in [2.05, 4.69) is 31.8 Å². The first-order chi connectivity index (χ1) is 7.92. The first-order valence-electron chi connectivity index (χ1n) is 5.51. The Kier molecular flexibility index (Phi) is 2.51. The van der Waals surface area contributed by atoms with Gasteiger partial charge in [-0.3, -0.25) is 4.90 Å². The molecule has 0 spiro atoms. The zero-order valence-corrected chi connectivity index (χ0v) is 9.00. The second kappa shape index (κ2) is 4.15. The Morgan fingerprint density at radius 1 is 1.31 bits per heavy atom. The first kappa shape index (κ1) is 9.68. The Labute approximate surface area is 93.2 Å². The maximum Gasteiger partial charge on any atom is 0.179 e. The van der Waals surface area contributed by atoms with Gasteiger partial charge in [0.2, 0.25) is 0 Å². The van der Waals surface area contributed by atoms with Gasteiger partial charge >= 0.3 is 0 Å². The minimum Gasteiger partial charge on any atom is -0.314 e. The smallest absolute Gasteiger partial charge is 0.179 e. The van der Waals surface area contributed by atoms with E-state index in [-0.39, 0.29) is 0 Å². The van der Waals surface area contributed by atoms with Crippen LogP contribution >= 0.6 is 0 Å². The van der Waals surface area contributed by atoms with E-state index in [0.717, 1.165) is 38.4 Å². The fraction of sp³-hybridized carbons (Fsp3) is 0.500. The number of aromatic nitrogens is 4. The van der Waals surface area contributed by atoms with E-state index in [1.807, 2.05) is 12.3 Å². The number of rotatable bonds is 2. The number of nitrogens with zero attached hydrogens (tertiary/aromatic N) is 5. The summed E-state index contributed by atoms with van der Waals surface area (Å²) in [6, 6.07) is 4.12. The van der Waals surface area contributed by atoms with Crippen LogP contribution < -0.4 is 5.32 Å². The topological polar surface area (TPSA) is 58.4 Å². The third kappa shape index (κ3) is 1.89. The first-order valence-corrected chi connectivity index (χ1v) is 5.51. The highest BCUT2D eigenvalue weighted by atomic mass is 15.5. The van der Waals surface area contributed by atoms with E-state index >= 15 is 0 Å². The van der Waals surface area contributed by atoms with E-state index in [1.165, 1.54) is 5.56 Å². The molecule has 1 N–H and O–H groups in total. The third-order valence-corrected chi connectivity index (χ3v) is 2.88. The van der Waals surface area contributed by atoms with Crippen LogP contribution in [0, 0.1) is 0 Å². The lowest BCUT2D eigenvalue weighted by Crippen LogP contribution is -2.42. The quantitative estimate of drug-likeness (QED) is 0.738. The molecule has 84 valence electrons. The van der Waals surface area contributed by atoms with Crippen molar-refractivity contribution >= 4 is 5.65 Å². The number of hydrogen-bond acceptors (Lipinski definition) is 5. The van der Waals surface area contributed by atoms with Crippen molar-refractivity contribution in [1.29, 1.82) is 0 Å². The molecular weight excluding hydrogens is 204 g/mol. The average Bonchev–Trinajstić information content (AvgIpc) is 2.77. The van der Waals surface area contributed by atoms with Crippen LogP contribution in [-0.4, -0.2) is 51.1 Å². The van der Waals surface area contributed by atoms with Crippen LogP contribution in [0.5, 0.6) is 0 Å². The largest absolute Gasteiger partial charge is 0.314 e. The number of nitrogens with one attached hydrogen (secondary N) is 1. The molecule has 16 heavy (non-hydrogen) atoms. The lowest BCUT2D eigenvalue weighted by molar-refractivity contribution is 0.233. The molecule has 0 unspecified atom stereocenters. The van der Waals surface area contributed by atoms with Crippen LogP contribution in [-0.2, 0) is 6.54 Å². The zero-order chi connectivity index (χ0) is 10.8. The molecule has 0 radical (unpaired) electrons. The molecule has 0 aromatic carbocycles. The van der Waals surface area contributed by atoms with E-state index in [0.29, 0.717) is 0 Å². The predicted molar refractivity (Wildman–Crippen MR) is 58.9 cm³/mol. The maximum atomic E-state index is 3.94. The van der Waals surface area contributed by atoms with Gasteiger partial charge in [0.1, 0.15) is 0 Å². The van der Waals surface area contributed by atoms with Gasteiger partial charge in [-0.05, 0) is 28.1 Å². The van der Waals surface area contributed by atoms with Crippen LogP contribution in [0.3, 0.4) is 0 Å². The number of tetrazole rings is 1. The van der Waals surface area contributed by atoms with Gasteiger partial charge in [0.25, 0.3) is 0 Å². The molecule has 1 aliphatic rings. The summed E-state index contributed by atoms with van der Waals surface area (Å²) in [5.41, 5.74) is 2.08. The third-order valence-electron chi connectivity index (χ3n) is 2.88. The molecule has 3 rings (SSSR count). The van der Waals surface area contributed by atoms with Crippen LogP contribution in [0.25, 0.3) is 5.65 Å². The lowest BCUT2D eigenvalue weighted by Gasteiger charge is -2.27. The molecular formula is C10H14N6. The number of piperazine rings is 1. The Morgan fingerprint density at radius 2 is 2.19 bits per heavy atom. The second-order valence-electron chi connectivity index (χ2n) is 4.04. The molecule has 0 bridgehead atoms. The van der Waals surface area contributed by atoms with Gasteiger partial charge < -0.3 is 5.32 Å². The normalized spacial score (nSPS) is 18.0. The monoisotopic (exact) mass is 218 g/mol. The lowest BCUT2D eigenvalue weighted by atomic mass is 10.2. The Balaban J connectivity index is 1.77. The van der Waals surface area contributed by atoms with Crippen molar-refractivity contribution in [3.8, 4) is 0 Å². The van der Waals surface area contributed by atoms with Crippen LogP contribution in [0.2, 0.25) is 0 Å². The summed E-state index contributed by atoms with van der Waals surface area (Å²) in [4.78, 5) is 2.44. The number of hydrogen-bond donors (Lipinski definition) is 1. The SMILES string of the molecule is c1cn2nnnc2cc1CN1CCNCC1. The Morgan fingerprint density at radius 3 is 3.06 bits per heavy atom. The highest BCUT2D eigenvalue weighted by Crippen LogP contribution is 2.07. The van der Waals surface area contributed by atoms with Gasteiger partial charge in [-0.25, -0.2) is 4.52 Å². The summed E-state index contributed by atoms with van der Waals surface area (Å²) >= 11 is 0. The average molecular weight is 218 g/mol. The molecule has 2 aromatic heterocycles. The van der Waals surface area contributed by atoms with Crippen LogP contribution in [0.1, 0.15) is 5.56 Å². The van der Waals surface area contributed by atoms with Crippen molar-refractivity contribution in [2.45, 2.75) is 6.54 Å². The van der Waals surface area contributed by atoms with Crippen molar-refractivity contribution in [3.63, 3.8) is 0 Å². The summed E-state index contributed by atoms with van der Waals surface area (Å²) in [7, 11) is 0. The van der Waals surface area contributed by atoms with E-state index in [1.54, 1.807) is 4.52 Å². The minimum absolute atomic E-state index is 0.813. The fourth-order valence-corrected chi connectivity index (χ4v) is 2.01. The molecule has 2 aromatic rings. The highest BCUT2D eigenvalue weighted by molar-refractivity contribution is 5.38. The molecule has 0 amide bonds. The molecule has 3 heterocycles. The molecule has 1 fully saturated rings. The van der Waals surface area contributed by atoms with Gasteiger partial charge in [0.05, 0.1) is 0 Å². The number of pyridine rings is 1. The summed E-state index contributed by atoms with van der Waals surface area (Å²) in [5.74, 6) is 0. The van der Waals surface area contributed by atoms with Gasteiger partial charge in [0.15, 0.2) is 5.65 Å². The van der Waals surface area contributed by atoms with Crippen molar-refractivity contribution in [2.24, 2.45) is 0 Å². The second-order valence-corrected chi connectivity index (χ2v) is 4.04. The standard InChI is InChI=1S/C10H14N6/c1-4-16-10(12-13-14-16)7-9(1)8-15-5-2-11-3-6-15/h1,4,7,11H,2-3,5-6,8H2. The molecule has 0 atom stereocenters. The van der Waals surface area contributed by atoms with Gasteiger partial charge in [-0.1, -0.05) is 0 Å². The van der Waals surface area contributed by atoms with E-state index < -0.39 is 0 Å². The number of fused-ring (bicyclic) bond motifs is 1. The van der Waals surface area contributed by atoms with Gasteiger partial charge in [-0.15, -0.1) is 5.10 Å². The zero-order valence-electron chi connectivity index (χ0n) is 9.00. The molecule has 1 saturated heterocycles. The summed E-state index contributed by atoms with van der Waals surface area (Å²) in [6.45, 7) is 5.35. The predicted octanol–water partition coefficient (Wildman–Crippen LogP) is -0.471. The van der Waals surface area contributed by atoms with E-state index in [4.69, 9.17) is 0 Å². The van der Waals surface area contributed by atoms with Crippen molar-refractivity contribution < 1.29 is 0 Å². The van der Waals surface area contributed by atoms with E-state index in [9.17, 15) is 0 Å². The van der Waals surface area contributed by atoms with Crippen molar-refractivity contribution in [2.75, 3.05) is 26.2 Å². The van der Waals surface area contributed by atoms with Crippen LogP contribution in [0.4, 0.5) is 0 Å². The summed E-state index contributed by atoms with van der Waals surface area (Å²) in [6.07, 6.45) is 1.91. The Hall–Kier alpha value is -1.53. The van der Waals surface area contributed by atoms with Crippen molar-refractivity contribution in [3.05, 3.63) is 23.9 Å². The Bertz CT molecular complexity index is 473.